The molecule has 0 aromatic carbocycles. The quantitative estimate of drug-likeness (QED) is 0.681. The summed E-state index contributed by atoms with van der Waals surface area (Å²) in [5.41, 5.74) is -0.671. The van der Waals surface area contributed by atoms with Crippen molar-refractivity contribution in [3.05, 3.63) is 0 Å². The van der Waals surface area contributed by atoms with Crippen LogP contribution in [0.1, 0.15) is 13.3 Å². The van der Waals surface area contributed by atoms with Gasteiger partial charge in [0.1, 0.15) is 5.54 Å². The lowest BCUT2D eigenvalue weighted by Crippen LogP contribution is -2.57. The molecule has 1 atom stereocenters. The Hall–Kier alpha value is -0.650. The summed E-state index contributed by atoms with van der Waals surface area (Å²) in [7, 11) is 3.03. The molecule has 0 amide bonds. The summed E-state index contributed by atoms with van der Waals surface area (Å²) >= 11 is 0. The fourth-order valence-electron chi connectivity index (χ4n) is 2.12. The van der Waals surface area contributed by atoms with E-state index in [9.17, 15) is 4.79 Å². The van der Waals surface area contributed by atoms with Gasteiger partial charge in [-0.2, -0.15) is 0 Å². The first kappa shape index (κ1) is 13.4. The maximum absolute atomic E-state index is 11.9. The number of hydrogen-bond acceptors (Lipinski definition) is 5. The molecule has 1 aliphatic heterocycles. The lowest BCUT2D eigenvalue weighted by atomic mass is 10.0. The first-order chi connectivity index (χ1) is 7.65. The van der Waals surface area contributed by atoms with Crippen LogP contribution in [0.2, 0.25) is 0 Å². The molecule has 1 unspecified atom stereocenters. The van der Waals surface area contributed by atoms with Crippen molar-refractivity contribution in [1.82, 2.24) is 10.2 Å². The zero-order valence-electron chi connectivity index (χ0n) is 10.4. The van der Waals surface area contributed by atoms with Gasteiger partial charge in [0.15, 0.2) is 0 Å². The second kappa shape index (κ2) is 6.18. The molecule has 0 bridgehead atoms. The molecule has 1 N–H and O–H groups in total. The van der Waals surface area contributed by atoms with Crippen LogP contribution < -0.4 is 5.32 Å². The first-order valence-electron chi connectivity index (χ1n) is 5.68. The summed E-state index contributed by atoms with van der Waals surface area (Å²) in [6.45, 7) is 5.88. The Kier molecular flexibility index (Phi) is 5.18. The highest BCUT2D eigenvalue weighted by atomic mass is 16.5. The van der Waals surface area contributed by atoms with E-state index >= 15 is 0 Å². The zero-order chi connectivity index (χ0) is 12.0. The third kappa shape index (κ3) is 2.93. The van der Waals surface area contributed by atoms with E-state index in [-0.39, 0.29) is 5.97 Å². The second-order valence-electron chi connectivity index (χ2n) is 4.29. The average Bonchev–Trinajstić information content (AvgIpc) is 2.57. The van der Waals surface area contributed by atoms with Crippen molar-refractivity contribution in [1.29, 1.82) is 0 Å². The minimum atomic E-state index is -0.671. The van der Waals surface area contributed by atoms with Gasteiger partial charge in [0, 0.05) is 26.7 Å². The van der Waals surface area contributed by atoms with Crippen LogP contribution in [0.3, 0.4) is 0 Å². The third-order valence-corrected chi connectivity index (χ3v) is 3.09. The van der Waals surface area contributed by atoms with Crippen molar-refractivity contribution >= 4 is 5.97 Å². The maximum Gasteiger partial charge on any atom is 0.328 e. The van der Waals surface area contributed by atoms with Crippen molar-refractivity contribution < 1.29 is 14.3 Å². The zero-order valence-corrected chi connectivity index (χ0v) is 10.4. The fourth-order valence-corrected chi connectivity index (χ4v) is 2.12. The van der Waals surface area contributed by atoms with Crippen LogP contribution in [0.15, 0.2) is 0 Å². The molecule has 0 aromatic heterocycles. The second-order valence-corrected chi connectivity index (χ2v) is 4.29. The van der Waals surface area contributed by atoms with E-state index < -0.39 is 5.54 Å². The molecule has 1 rings (SSSR count). The number of nitrogens with one attached hydrogen (secondary N) is 1. The van der Waals surface area contributed by atoms with Crippen LogP contribution in [0, 0.1) is 0 Å². The normalized spacial score (nSPS) is 22.2. The van der Waals surface area contributed by atoms with Crippen molar-refractivity contribution in [2.45, 2.75) is 18.9 Å². The Morgan fingerprint density at radius 1 is 1.38 bits per heavy atom. The third-order valence-electron chi connectivity index (χ3n) is 3.09. The Morgan fingerprint density at radius 3 is 2.75 bits per heavy atom. The summed E-state index contributed by atoms with van der Waals surface area (Å²) in [5, 5.41) is 3.31. The smallest absolute Gasteiger partial charge is 0.328 e. The van der Waals surface area contributed by atoms with E-state index in [0.29, 0.717) is 6.61 Å². The molecule has 1 heterocycles. The summed E-state index contributed by atoms with van der Waals surface area (Å²) < 4.78 is 10.0. The number of rotatable bonds is 4. The molecule has 0 saturated carbocycles. The molecule has 5 nitrogen and oxygen atoms in total. The highest BCUT2D eigenvalue weighted by molar-refractivity contribution is 5.80. The Morgan fingerprint density at radius 2 is 2.12 bits per heavy atom. The Labute approximate surface area is 97.1 Å². The Bertz CT molecular complexity index is 227. The predicted octanol–water partition coefficient (Wildman–Crippen LogP) is -0.140. The summed E-state index contributed by atoms with van der Waals surface area (Å²) in [5.74, 6) is -0.226. The fraction of sp³-hybridized carbons (Fsp3) is 0.909. The molecule has 1 fully saturated rings. The van der Waals surface area contributed by atoms with Gasteiger partial charge in [-0.1, -0.05) is 0 Å². The Balaban J connectivity index is 2.76. The van der Waals surface area contributed by atoms with Crippen LogP contribution in [0.4, 0.5) is 0 Å². The molecular formula is C11H22N2O3. The molecule has 5 heteroatoms. The topological polar surface area (TPSA) is 50.8 Å². The highest BCUT2D eigenvalue weighted by Crippen LogP contribution is 2.18. The summed E-state index contributed by atoms with van der Waals surface area (Å²) in [6.07, 6.45) is 1.04. The molecule has 94 valence electrons. The van der Waals surface area contributed by atoms with Crippen LogP contribution >= 0.6 is 0 Å². The maximum atomic E-state index is 11.9. The van der Waals surface area contributed by atoms with Gasteiger partial charge in [0.2, 0.25) is 0 Å². The standard InChI is InChI=1S/C11H22N2O3/c1-11(9-15-2,10(14)16-3)13-7-4-5-12-6-8-13/h12H,4-9H2,1-3H3. The van der Waals surface area contributed by atoms with E-state index in [1.807, 2.05) is 6.92 Å². The number of methoxy groups -OCH3 is 2. The SMILES string of the molecule is COCC(C)(C(=O)OC)N1CCCNCC1. The van der Waals surface area contributed by atoms with Gasteiger partial charge in [-0.3, -0.25) is 4.90 Å². The molecule has 1 aliphatic rings. The average molecular weight is 230 g/mol. The summed E-state index contributed by atoms with van der Waals surface area (Å²) in [6, 6.07) is 0. The van der Waals surface area contributed by atoms with Gasteiger partial charge in [-0.05, 0) is 19.9 Å². The van der Waals surface area contributed by atoms with Crippen LogP contribution in [-0.4, -0.2) is 63.4 Å². The van der Waals surface area contributed by atoms with Crippen LogP contribution in [0.5, 0.6) is 0 Å². The van der Waals surface area contributed by atoms with Gasteiger partial charge in [-0.15, -0.1) is 0 Å². The van der Waals surface area contributed by atoms with E-state index in [0.717, 1.165) is 32.6 Å². The largest absolute Gasteiger partial charge is 0.468 e. The van der Waals surface area contributed by atoms with Crippen molar-refractivity contribution in [2.75, 3.05) is 47.0 Å². The lowest BCUT2D eigenvalue weighted by Gasteiger charge is -2.37. The van der Waals surface area contributed by atoms with Gasteiger partial charge in [0.25, 0.3) is 0 Å². The van der Waals surface area contributed by atoms with Crippen molar-refractivity contribution in [3.63, 3.8) is 0 Å². The minimum Gasteiger partial charge on any atom is -0.468 e. The molecule has 16 heavy (non-hydrogen) atoms. The van der Waals surface area contributed by atoms with Crippen molar-refractivity contribution in [3.8, 4) is 0 Å². The van der Waals surface area contributed by atoms with Crippen LogP contribution in [-0.2, 0) is 14.3 Å². The van der Waals surface area contributed by atoms with E-state index in [1.54, 1.807) is 7.11 Å². The molecule has 0 radical (unpaired) electrons. The predicted molar refractivity (Wildman–Crippen MR) is 61.4 cm³/mol. The van der Waals surface area contributed by atoms with E-state index in [1.165, 1.54) is 7.11 Å². The van der Waals surface area contributed by atoms with Crippen molar-refractivity contribution in [2.24, 2.45) is 0 Å². The number of hydrogen-bond donors (Lipinski definition) is 1. The number of carbonyl (C=O) groups is 1. The summed E-state index contributed by atoms with van der Waals surface area (Å²) in [4.78, 5) is 14.0. The molecule has 0 spiro atoms. The van der Waals surface area contributed by atoms with Crippen LogP contribution in [0.25, 0.3) is 0 Å². The first-order valence-corrected chi connectivity index (χ1v) is 5.68. The van der Waals surface area contributed by atoms with Gasteiger partial charge >= 0.3 is 5.97 Å². The van der Waals surface area contributed by atoms with Gasteiger partial charge < -0.3 is 14.8 Å². The highest BCUT2D eigenvalue weighted by Gasteiger charge is 2.40. The molecule has 0 aliphatic carbocycles. The van der Waals surface area contributed by atoms with E-state index in [4.69, 9.17) is 9.47 Å². The lowest BCUT2D eigenvalue weighted by molar-refractivity contribution is -0.158. The number of carbonyl (C=O) groups excluding carboxylic acids is 1. The molecular weight excluding hydrogens is 208 g/mol. The van der Waals surface area contributed by atoms with Gasteiger partial charge in [0.05, 0.1) is 13.7 Å². The molecule has 1 saturated heterocycles. The van der Waals surface area contributed by atoms with E-state index in [2.05, 4.69) is 10.2 Å². The number of ether oxygens (including phenoxy) is 2. The number of esters is 1. The minimum absolute atomic E-state index is 0.226. The molecule has 0 aromatic rings. The number of nitrogens with zero attached hydrogens (tertiary/aromatic N) is 1. The van der Waals surface area contributed by atoms with Gasteiger partial charge in [-0.25, -0.2) is 4.79 Å². The monoisotopic (exact) mass is 230 g/mol.